The Morgan fingerprint density at radius 3 is 2.24 bits per heavy atom. The Bertz CT molecular complexity index is 1290. The zero-order valence-corrected chi connectivity index (χ0v) is 22.8. The van der Waals surface area contributed by atoms with Crippen LogP contribution in [-0.2, 0) is 17.8 Å². The molecule has 38 heavy (non-hydrogen) atoms. The van der Waals surface area contributed by atoms with E-state index in [2.05, 4.69) is 37.4 Å². The summed E-state index contributed by atoms with van der Waals surface area (Å²) in [5, 5.41) is 12.5. The Kier molecular flexibility index (Phi) is 9.83. The number of benzene rings is 3. The van der Waals surface area contributed by atoms with Gasteiger partial charge in [-0.05, 0) is 74.4 Å². The Labute approximate surface area is 225 Å². The summed E-state index contributed by atoms with van der Waals surface area (Å²) >= 11 is 0. The minimum atomic E-state index is -0.919. The van der Waals surface area contributed by atoms with Crippen molar-refractivity contribution >= 4 is 17.7 Å². The van der Waals surface area contributed by atoms with Crippen LogP contribution in [0.5, 0.6) is 5.75 Å². The quantitative estimate of drug-likeness (QED) is 0.265. The van der Waals surface area contributed by atoms with Gasteiger partial charge in [0.05, 0.1) is 11.6 Å². The van der Waals surface area contributed by atoms with Crippen LogP contribution in [0.4, 0.5) is 0 Å². The van der Waals surface area contributed by atoms with Crippen LogP contribution in [0.3, 0.4) is 0 Å². The summed E-state index contributed by atoms with van der Waals surface area (Å²) in [6.07, 6.45) is 0.934. The second-order valence-corrected chi connectivity index (χ2v) is 10.3. The van der Waals surface area contributed by atoms with Gasteiger partial charge in [-0.1, -0.05) is 67.4 Å². The number of carbonyl (C=O) groups excluding carboxylic acids is 2. The second-order valence-electron chi connectivity index (χ2n) is 10.3. The van der Waals surface area contributed by atoms with Crippen molar-refractivity contribution in [3.8, 4) is 5.75 Å². The first-order chi connectivity index (χ1) is 18.0. The SMILES string of the molecule is CC(=O)c1ccccc1OCc1ccc(CCC(=O)O)c(C(=O)NC(CC(C)C)c2cc(C)cc(C)c2)c1. The Morgan fingerprint density at radius 2 is 1.61 bits per heavy atom. The lowest BCUT2D eigenvalue weighted by Crippen LogP contribution is -2.30. The number of ether oxygens (including phenoxy) is 1. The summed E-state index contributed by atoms with van der Waals surface area (Å²) < 4.78 is 5.94. The molecule has 0 saturated carbocycles. The van der Waals surface area contributed by atoms with Crippen molar-refractivity contribution in [3.05, 3.63) is 99.6 Å². The topological polar surface area (TPSA) is 92.7 Å². The van der Waals surface area contributed by atoms with Gasteiger partial charge in [-0.3, -0.25) is 14.4 Å². The number of nitrogens with one attached hydrogen (secondary N) is 1. The average Bonchev–Trinajstić information content (AvgIpc) is 2.85. The summed E-state index contributed by atoms with van der Waals surface area (Å²) in [6, 6.07) is 18.6. The molecule has 1 amide bonds. The van der Waals surface area contributed by atoms with Crippen LogP contribution in [0.1, 0.15) is 88.2 Å². The summed E-state index contributed by atoms with van der Waals surface area (Å²) in [4.78, 5) is 36.9. The molecule has 1 atom stereocenters. The maximum absolute atomic E-state index is 13.7. The number of carboxylic acids is 1. The van der Waals surface area contributed by atoms with E-state index in [1.807, 2.05) is 19.9 Å². The second kappa shape index (κ2) is 13.0. The van der Waals surface area contributed by atoms with E-state index in [0.29, 0.717) is 28.4 Å². The lowest BCUT2D eigenvalue weighted by molar-refractivity contribution is -0.136. The molecule has 0 heterocycles. The van der Waals surface area contributed by atoms with Crippen molar-refractivity contribution in [1.82, 2.24) is 5.32 Å². The maximum Gasteiger partial charge on any atom is 0.303 e. The molecule has 6 heteroatoms. The molecule has 3 aromatic carbocycles. The average molecular weight is 516 g/mol. The third kappa shape index (κ3) is 8.04. The lowest BCUT2D eigenvalue weighted by atomic mass is 9.93. The number of carbonyl (C=O) groups is 3. The smallest absolute Gasteiger partial charge is 0.303 e. The maximum atomic E-state index is 13.7. The zero-order chi connectivity index (χ0) is 27.8. The standard InChI is InChI=1S/C32H37NO5/c1-20(2)14-29(26-16-21(3)15-22(4)17-26)33-32(37)28-18-24(10-11-25(28)12-13-31(35)36)19-38-30-9-7-6-8-27(30)23(5)34/h6-11,15-18,20,29H,12-14,19H2,1-5H3,(H,33,37)(H,35,36). The number of rotatable bonds is 12. The zero-order valence-electron chi connectivity index (χ0n) is 22.8. The van der Waals surface area contributed by atoms with Gasteiger partial charge in [0.25, 0.3) is 5.91 Å². The molecule has 6 nitrogen and oxygen atoms in total. The van der Waals surface area contributed by atoms with Crippen molar-refractivity contribution < 1.29 is 24.2 Å². The minimum Gasteiger partial charge on any atom is -0.488 e. The highest BCUT2D eigenvalue weighted by molar-refractivity contribution is 5.97. The van der Waals surface area contributed by atoms with Crippen LogP contribution >= 0.6 is 0 Å². The van der Waals surface area contributed by atoms with Crippen LogP contribution in [-0.4, -0.2) is 22.8 Å². The number of carboxylic acid groups (broad SMARTS) is 1. The fraction of sp³-hybridized carbons (Fsp3) is 0.344. The molecule has 0 fully saturated rings. The Morgan fingerprint density at radius 1 is 0.921 bits per heavy atom. The first-order valence-corrected chi connectivity index (χ1v) is 13.0. The van der Waals surface area contributed by atoms with Crippen LogP contribution in [0.2, 0.25) is 0 Å². The van der Waals surface area contributed by atoms with E-state index in [9.17, 15) is 19.5 Å². The summed E-state index contributed by atoms with van der Waals surface area (Å²) in [7, 11) is 0. The number of para-hydroxylation sites is 1. The van der Waals surface area contributed by atoms with Crippen LogP contribution in [0.25, 0.3) is 0 Å². The number of Topliss-reactive ketones (excluding diaryl/α,β-unsaturated/α-hetero) is 1. The molecular weight excluding hydrogens is 478 g/mol. The fourth-order valence-corrected chi connectivity index (χ4v) is 4.63. The minimum absolute atomic E-state index is 0.0748. The van der Waals surface area contributed by atoms with Gasteiger partial charge >= 0.3 is 5.97 Å². The molecule has 2 N–H and O–H groups in total. The molecule has 0 aliphatic rings. The monoisotopic (exact) mass is 515 g/mol. The van der Waals surface area contributed by atoms with Gasteiger partial charge in [0, 0.05) is 12.0 Å². The lowest BCUT2D eigenvalue weighted by Gasteiger charge is -2.23. The molecule has 3 aromatic rings. The van der Waals surface area contributed by atoms with Crippen molar-refractivity contribution in [3.63, 3.8) is 0 Å². The molecule has 0 saturated heterocycles. The number of hydrogen-bond acceptors (Lipinski definition) is 4. The fourth-order valence-electron chi connectivity index (χ4n) is 4.63. The van der Waals surface area contributed by atoms with Gasteiger partial charge in [0.1, 0.15) is 12.4 Å². The Balaban J connectivity index is 1.91. The van der Waals surface area contributed by atoms with Crippen molar-refractivity contribution in [2.24, 2.45) is 5.92 Å². The number of aryl methyl sites for hydroxylation is 3. The normalized spacial score (nSPS) is 11.7. The molecule has 0 spiro atoms. The third-order valence-corrected chi connectivity index (χ3v) is 6.35. The van der Waals surface area contributed by atoms with Gasteiger partial charge in [-0.2, -0.15) is 0 Å². The van der Waals surface area contributed by atoms with Crippen LogP contribution < -0.4 is 10.1 Å². The van der Waals surface area contributed by atoms with Gasteiger partial charge < -0.3 is 15.2 Å². The molecule has 0 radical (unpaired) electrons. The summed E-state index contributed by atoms with van der Waals surface area (Å²) in [6.45, 7) is 9.99. The molecule has 0 bridgehead atoms. The van der Waals surface area contributed by atoms with Gasteiger partial charge in [0.15, 0.2) is 5.78 Å². The molecule has 1 unspecified atom stereocenters. The van der Waals surface area contributed by atoms with E-state index >= 15 is 0 Å². The van der Waals surface area contributed by atoms with Gasteiger partial charge in [-0.15, -0.1) is 0 Å². The predicted octanol–water partition coefficient (Wildman–Crippen LogP) is 6.62. The number of aliphatic carboxylic acids is 1. The molecule has 3 rings (SSSR count). The van der Waals surface area contributed by atoms with E-state index < -0.39 is 5.97 Å². The van der Waals surface area contributed by atoms with Crippen LogP contribution in [0.15, 0.2) is 60.7 Å². The number of hydrogen-bond donors (Lipinski definition) is 2. The number of amides is 1. The summed E-state index contributed by atoms with van der Waals surface area (Å²) in [5.41, 5.74) is 5.67. The van der Waals surface area contributed by atoms with E-state index in [0.717, 1.165) is 28.7 Å². The number of ketones is 1. The predicted molar refractivity (Wildman–Crippen MR) is 149 cm³/mol. The molecular formula is C32H37NO5. The Hall–Kier alpha value is -3.93. The molecule has 0 aliphatic carbocycles. The first kappa shape index (κ1) is 28.6. The van der Waals surface area contributed by atoms with Gasteiger partial charge in [-0.25, -0.2) is 0 Å². The van der Waals surface area contributed by atoms with Crippen molar-refractivity contribution in [2.45, 2.75) is 66.5 Å². The highest BCUT2D eigenvalue weighted by Gasteiger charge is 2.21. The van der Waals surface area contributed by atoms with Crippen LogP contribution in [0, 0.1) is 19.8 Å². The molecule has 0 aromatic heterocycles. The largest absolute Gasteiger partial charge is 0.488 e. The van der Waals surface area contributed by atoms with E-state index in [-0.39, 0.29) is 37.2 Å². The highest BCUT2D eigenvalue weighted by Crippen LogP contribution is 2.26. The molecule has 200 valence electrons. The van der Waals surface area contributed by atoms with E-state index in [1.54, 1.807) is 36.4 Å². The third-order valence-electron chi connectivity index (χ3n) is 6.35. The van der Waals surface area contributed by atoms with E-state index in [1.165, 1.54) is 6.92 Å². The highest BCUT2D eigenvalue weighted by atomic mass is 16.5. The first-order valence-electron chi connectivity index (χ1n) is 13.0. The van der Waals surface area contributed by atoms with Crippen molar-refractivity contribution in [2.75, 3.05) is 0 Å². The van der Waals surface area contributed by atoms with E-state index in [4.69, 9.17) is 4.74 Å². The van der Waals surface area contributed by atoms with Gasteiger partial charge in [0.2, 0.25) is 0 Å². The summed E-state index contributed by atoms with van der Waals surface area (Å²) in [5.74, 6) is -0.424. The molecule has 0 aliphatic heterocycles. The van der Waals surface area contributed by atoms with Crippen molar-refractivity contribution in [1.29, 1.82) is 0 Å².